The van der Waals surface area contributed by atoms with E-state index in [4.69, 9.17) is 33.9 Å². The number of benzene rings is 1. The van der Waals surface area contributed by atoms with E-state index in [9.17, 15) is 5.11 Å². The van der Waals surface area contributed by atoms with E-state index in [1.54, 1.807) is 43.7 Å². The highest BCUT2D eigenvalue weighted by Gasteiger charge is 2.21. The number of anilines is 3. The van der Waals surface area contributed by atoms with E-state index >= 15 is 0 Å². The minimum absolute atomic E-state index is 0.261. The van der Waals surface area contributed by atoms with Crippen LogP contribution in [-0.4, -0.2) is 36.9 Å². The molecule has 0 bridgehead atoms. The van der Waals surface area contributed by atoms with Crippen molar-refractivity contribution in [1.82, 2.24) is 19.7 Å². The Bertz CT molecular complexity index is 1030. The van der Waals surface area contributed by atoms with E-state index in [0.717, 1.165) is 36.8 Å². The van der Waals surface area contributed by atoms with Crippen molar-refractivity contribution in [1.29, 1.82) is 0 Å². The maximum atomic E-state index is 9.80. The minimum atomic E-state index is -0.723. The number of rotatable bonds is 6. The van der Waals surface area contributed by atoms with Crippen LogP contribution in [0, 0.1) is 0 Å². The van der Waals surface area contributed by atoms with Crippen LogP contribution < -0.4 is 16.4 Å². The van der Waals surface area contributed by atoms with E-state index in [0.29, 0.717) is 27.5 Å². The smallest absolute Gasteiger partial charge is 0.229 e. The zero-order chi connectivity index (χ0) is 22.0. The maximum Gasteiger partial charge on any atom is 0.229 e. The normalized spacial score (nSPS) is 19.8. The Labute approximate surface area is 190 Å². The van der Waals surface area contributed by atoms with Crippen molar-refractivity contribution in [2.45, 2.75) is 50.9 Å². The molecule has 0 amide bonds. The molecular weight excluding hydrogens is 437 g/mol. The van der Waals surface area contributed by atoms with Gasteiger partial charge in [-0.1, -0.05) is 23.2 Å². The molecule has 1 unspecified atom stereocenters. The summed E-state index contributed by atoms with van der Waals surface area (Å²) in [5.41, 5.74) is 8.37. The number of hydrogen-bond acceptors (Lipinski definition) is 7. The van der Waals surface area contributed by atoms with E-state index in [2.05, 4.69) is 20.7 Å². The van der Waals surface area contributed by atoms with E-state index in [-0.39, 0.29) is 12.1 Å². The highest BCUT2D eigenvalue weighted by atomic mass is 35.5. The SMILES string of the molecule is CC(O)n1cc(-c2cnc(Nc3cc(Cl)cc(Cl)c3)nc2NC2CCC(N)CC2)cn1. The Balaban J connectivity index is 1.65. The Morgan fingerprint density at radius 2 is 1.84 bits per heavy atom. The van der Waals surface area contributed by atoms with Gasteiger partial charge in [-0.25, -0.2) is 9.67 Å². The monoisotopic (exact) mass is 461 g/mol. The molecule has 1 atom stereocenters. The van der Waals surface area contributed by atoms with Gasteiger partial charge in [0.15, 0.2) is 0 Å². The van der Waals surface area contributed by atoms with Crippen LogP contribution in [-0.2, 0) is 0 Å². The summed E-state index contributed by atoms with van der Waals surface area (Å²) in [6, 6.07) is 5.71. The number of aromatic nitrogens is 4. The number of nitrogens with zero attached hydrogens (tertiary/aromatic N) is 4. The van der Waals surface area contributed by atoms with Crippen molar-refractivity contribution in [3.63, 3.8) is 0 Å². The van der Waals surface area contributed by atoms with Gasteiger partial charge in [-0.05, 0) is 50.8 Å². The quantitative estimate of drug-likeness (QED) is 0.424. The molecule has 3 aromatic rings. The lowest BCUT2D eigenvalue weighted by Gasteiger charge is -2.28. The molecule has 31 heavy (non-hydrogen) atoms. The van der Waals surface area contributed by atoms with Gasteiger partial charge in [0.05, 0.1) is 6.20 Å². The maximum absolute atomic E-state index is 9.80. The third kappa shape index (κ3) is 5.46. The van der Waals surface area contributed by atoms with Gasteiger partial charge < -0.3 is 21.5 Å². The van der Waals surface area contributed by atoms with Crippen molar-refractivity contribution >= 4 is 40.7 Å². The summed E-state index contributed by atoms with van der Waals surface area (Å²) >= 11 is 12.2. The summed E-state index contributed by atoms with van der Waals surface area (Å²) in [6.07, 6.45) is 8.39. The van der Waals surface area contributed by atoms with Crippen LogP contribution in [0.25, 0.3) is 11.1 Å². The number of aliphatic hydroxyl groups is 1. The molecule has 2 aromatic heterocycles. The standard InChI is InChI=1S/C21H25Cl2N7O/c1-12(31)30-11-13(9-26-30)19-10-25-21(28-18-7-14(22)6-15(23)8-18)29-20(19)27-17-4-2-16(24)3-5-17/h6-12,16-17,31H,2-5,24H2,1H3,(H2,25,27,28,29). The summed E-state index contributed by atoms with van der Waals surface area (Å²) in [7, 11) is 0. The van der Waals surface area contributed by atoms with Crippen LogP contribution in [0.1, 0.15) is 38.8 Å². The molecule has 8 nitrogen and oxygen atoms in total. The molecular formula is C21H25Cl2N7O. The molecule has 5 N–H and O–H groups in total. The van der Waals surface area contributed by atoms with Crippen LogP contribution in [0.5, 0.6) is 0 Å². The Hall–Kier alpha value is -2.39. The van der Waals surface area contributed by atoms with E-state index in [1.807, 2.05) is 0 Å². The first-order chi connectivity index (χ1) is 14.9. The zero-order valence-electron chi connectivity index (χ0n) is 17.1. The largest absolute Gasteiger partial charge is 0.372 e. The first-order valence-electron chi connectivity index (χ1n) is 10.2. The molecule has 1 aliphatic carbocycles. The molecule has 1 saturated carbocycles. The molecule has 164 valence electrons. The Kier molecular flexibility index (Phi) is 6.62. The third-order valence-electron chi connectivity index (χ3n) is 5.32. The number of halogens is 2. The predicted molar refractivity (Wildman–Crippen MR) is 124 cm³/mol. The molecule has 2 heterocycles. The molecule has 0 saturated heterocycles. The van der Waals surface area contributed by atoms with Crippen LogP contribution in [0.15, 0.2) is 36.8 Å². The lowest BCUT2D eigenvalue weighted by molar-refractivity contribution is 0.111. The summed E-state index contributed by atoms with van der Waals surface area (Å²) in [5.74, 6) is 1.11. The van der Waals surface area contributed by atoms with Gasteiger partial charge in [0.25, 0.3) is 0 Å². The fraction of sp³-hybridized carbons (Fsp3) is 0.381. The second kappa shape index (κ2) is 9.40. The third-order valence-corrected chi connectivity index (χ3v) is 5.75. The molecule has 1 aromatic carbocycles. The summed E-state index contributed by atoms with van der Waals surface area (Å²) in [4.78, 5) is 9.18. The van der Waals surface area contributed by atoms with Crippen LogP contribution >= 0.6 is 23.2 Å². The van der Waals surface area contributed by atoms with Gasteiger partial charge >= 0.3 is 0 Å². The number of hydrogen-bond donors (Lipinski definition) is 4. The first kappa shape index (κ1) is 21.8. The zero-order valence-corrected chi connectivity index (χ0v) is 18.6. The molecule has 4 rings (SSSR count). The van der Waals surface area contributed by atoms with Crippen molar-refractivity contribution in [2.75, 3.05) is 10.6 Å². The molecule has 1 fully saturated rings. The first-order valence-corrected chi connectivity index (χ1v) is 11.0. The van der Waals surface area contributed by atoms with Crippen molar-refractivity contribution < 1.29 is 5.11 Å². The summed E-state index contributed by atoms with van der Waals surface area (Å²) in [5, 5.41) is 21.8. The number of nitrogens with one attached hydrogen (secondary N) is 2. The van der Waals surface area contributed by atoms with Gasteiger partial charge in [0, 0.05) is 51.3 Å². The van der Waals surface area contributed by atoms with Gasteiger partial charge in [0.1, 0.15) is 12.0 Å². The molecule has 10 heteroatoms. The Morgan fingerprint density at radius 3 is 2.48 bits per heavy atom. The fourth-order valence-corrected chi connectivity index (χ4v) is 4.18. The molecule has 1 aliphatic rings. The van der Waals surface area contributed by atoms with Crippen molar-refractivity contribution in [3.8, 4) is 11.1 Å². The minimum Gasteiger partial charge on any atom is -0.372 e. The highest BCUT2D eigenvalue weighted by molar-refractivity contribution is 6.35. The van der Waals surface area contributed by atoms with Gasteiger partial charge in [-0.3, -0.25) is 0 Å². The topological polar surface area (TPSA) is 114 Å². The van der Waals surface area contributed by atoms with Gasteiger partial charge in [-0.2, -0.15) is 10.1 Å². The Morgan fingerprint density at radius 1 is 1.13 bits per heavy atom. The fourth-order valence-electron chi connectivity index (χ4n) is 3.66. The summed E-state index contributed by atoms with van der Waals surface area (Å²) in [6.45, 7) is 1.65. The lowest BCUT2D eigenvalue weighted by atomic mass is 9.91. The molecule has 0 aliphatic heterocycles. The summed E-state index contributed by atoms with van der Waals surface area (Å²) < 4.78 is 1.48. The van der Waals surface area contributed by atoms with Gasteiger partial charge in [0.2, 0.25) is 5.95 Å². The average molecular weight is 462 g/mol. The second-order valence-electron chi connectivity index (χ2n) is 7.84. The van der Waals surface area contributed by atoms with Crippen LogP contribution in [0.3, 0.4) is 0 Å². The van der Waals surface area contributed by atoms with Crippen LogP contribution in [0.4, 0.5) is 17.5 Å². The van der Waals surface area contributed by atoms with Crippen LogP contribution in [0.2, 0.25) is 10.0 Å². The number of nitrogens with two attached hydrogens (primary N) is 1. The van der Waals surface area contributed by atoms with Gasteiger partial charge in [-0.15, -0.1) is 0 Å². The van der Waals surface area contributed by atoms with E-state index < -0.39 is 6.23 Å². The molecule has 0 radical (unpaired) electrons. The predicted octanol–water partition coefficient (Wildman–Crippen LogP) is 4.58. The lowest BCUT2D eigenvalue weighted by Crippen LogP contribution is -2.33. The average Bonchev–Trinajstić information content (AvgIpc) is 3.19. The number of aliphatic hydroxyl groups excluding tert-OH is 1. The molecule has 0 spiro atoms. The van der Waals surface area contributed by atoms with E-state index in [1.165, 1.54) is 4.68 Å². The second-order valence-corrected chi connectivity index (χ2v) is 8.71. The van der Waals surface area contributed by atoms with Crippen molar-refractivity contribution in [3.05, 3.63) is 46.8 Å². The van der Waals surface area contributed by atoms with Crippen molar-refractivity contribution in [2.24, 2.45) is 5.73 Å². The highest BCUT2D eigenvalue weighted by Crippen LogP contribution is 2.31.